The van der Waals surface area contributed by atoms with Crippen LogP contribution in [0, 0.1) is 0 Å². The zero-order valence-corrected chi connectivity index (χ0v) is 47.6. The smallest absolute Gasteiger partial charge is 0.306 e. The third-order valence-corrected chi connectivity index (χ3v) is 12.7. The van der Waals surface area contributed by atoms with E-state index in [2.05, 4.69) is 130 Å². The summed E-state index contributed by atoms with van der Waals surface area (Å²) in [5.74, 6) is -0.908. The largest absolute Gasteiger partial charge is 0.462 e. The number of esters is 3. The summed E-state index contributed by atoms with van der Waals surface area (Å²) in [4.78, 5) is 38.2. The molecule has 1 atom stereocenters. The molecule has 0 N–H and O–H groups in total. The third-order valence-electron chi connectivity index (χ3n) is 12.7. The first-order chi connectivity index (χ1) is 36.0. The molecule has 0 aromatic carbocycles. The van der Waals surface area contributed by atoms with Crippen molar-refractivity contribution in [1.82, 2.24) is 0 Å². The first-order valence-corrected chi connectivity index (χ1v) is 30.4. The molecule has 0 aromatic rings. The molecule has 0 saturated carbocycles. The van der Waals surface area contributed by atoms with Gasteiger partial charge in [0.25, 0.3) is 0 Å². The van der Waals surface area contributed by atoms with Crippen LogP contribution in [0.25, 0.3) is 0 Å². The highest BCUT2D eigenvalue weighted by Crippen LogP contribution is 2.15. The predicted octanol–water partition coefficient (Wildman–Crippen LogP) is 20.7. The molecule has 0 rings (SSSR count). The van der Waals surface area contributed by atoms with Gasteiger partial charge in [-0.1, -0.05) is 265 Å². The molecule has 0 aromatic heterocycles. The van der Waals surface area contributed by atoms with E-state index < -0.39 is 6.10 Å². The summed E-state index contributed by atoms with van der Waals surface area (Å²) in [6, 6.07) is 0. The molecule has 0 aliphatic carbocycles. The summed E-state index contributed by atoms with van der Waals surface area (Å²) in [5, 5.41) is 0. The molecule has 0 saturated heterocycles. The molecule has 0 spiro atoms. The normalized spacial score (nSPS) is 12.9. The molecule has 0 amide bonds. The molecule has 1 unspecified atom stereocenters. The monoisotopic (exact) mass is 1010 g/mol. The molecule has 0 aliphatic rings. The van der Waals surface area contributed by atoms with Crippen LogP contribution in [0.5, 0.6) is 0 Å². The van der Waals surface area contributed by atoms with Crippen LogP contribution in [-0.2, 0) is 28.6 Å². The highest BCUT2D eigenvalue weighted by molar-refractivity contribution is 5.71. The molecule has 0 aliphatic heterocycles. The first-order valence-electron chi connectivity index (χ1n) is 30.4. The Hall–Kier alpha value is -3.93. The maximum atomic E-state index is 12.8. The molecule has 6 nitrogen and oxygen atoms in total. The minimum Gasteiger partial charge on any atom is -0.462 e. The van der Waals surface area contributed by atoms with Crippen LogP contribution in [-0.4, -0.2) is 37.2 Å². The number of unbranched alkanes of at least 4 members (excludes halogenated alkanes) is 25. The van der Waals surface area contributed by atoms with Crippen molar-refractivity contribution in [2.75, 3.05) is 13.2 Å². The summed E-state index contributed by atoms with van der Waals surface area (Å²) in [5.41, 5.74) is 0. The average molecular weight is 1010 g/mol. The summed E-state index contributed by atoms with van der Waals surface area (Å²) in [7, 11) is 0. The number of carbonyl (C=O) groups is 3. The van der Waals surface area contributed by atoms with Gasteiger partial charge in [0.05, 0.1) is 0 Å². The molecule has 0 heterocycles. The number of carbonyl (C=O) groups excluding carboxylic acids is 3. The van der Waals surface area contributed by atoms with Crippen LogP contribution in [0.2, 0.25) is 0 Å². The van der Waals surface area contributed by atoms with E-state index in [-0.39, 0.29) is 31.1 Å². The second-order valence-corrected chi connectivity index (χ2v) is 19.9. The van der Waals surface area contributed by atoms with E-state index in [0.717, 1.165) is 141 Å². The Morgan fingerprint density at radius 3 is 0.890 bits per heavy atom. The zero-order valence-electron chi connectivity index (χ0n) is 47.6. The van der Waals surface area contributed by atoms with Crippen molar-refractivity contribution in [3.8, 4) is 0 Å². The molecule has 0 bridgehead atoms. The average Bonchev–Trinajstić information content (AvgIpc) is 3.39. The number of ether oxygens (including phenoxy) is 3. The van der Waals surface area contributed by atoms with Crippen molar-refractivity contribution < 1.29 is 28.6 Å². The topological polar surface area (TPSA) is 78.9 Å². The Bertz CT molecular complexity index is 1490. The van der Waals surface area contributed by atoms with Crippen LogP contribution < -0.4 is 0 Å². The van der Waals surface area contributed by atoms with Gasteiger partial charge in [-0.05, 0) is 103 Å². The lowest BCUT2D eigenvalue weighted by Crippen LogP contribution is -2.30. The molecule has 416 valence electrons. The van der Waals surface area contributed by atoms with Crippen molar-refractivity contribution in [2.45, 2.75) is 284 Å². The lowest BCUT2D eigenvalue weighted by molar-refractivity contribution is -0.167. The van der Waals surface area contributed by atoms with E-state index in [1.807, 2.05) is 0 Å². The van der Waals surface area contributed by atoms with Gasteiger partial charge >= 0.3 is 17.9 Å². The second kappa shape index (κ2) is 60.6. The van der Waals surface area contributed by atoms with Crippen LogP contribution in [0.15, 0.2) is 109 Å². The molecule has 6 heteroatoms. The molecule has 0 radical (unpaired) electrons. The van der Waals surface area contributed by atoms with E-state index in [1.165, 1.54) is 96.3 Å². The maximum Gasteiger partial charge on any atom is 0.306 e. The van der Waals surface area contributed by atoms with Gasteiger partial charge in [0.2, 0.25) is 0 Å². The van der Waals surface area contributed by atoms with Crippen molar-refractivity contribution in [1.29, 1.82) is 0 Å². The van der Waals surface area contributed by atoms with Gasteiger partial charge in [-0.3, -0.25) is 14.4 Å². The van der Waals surface area contributed by atoms with Crippen LogP contribution >= 0.6 is 0 Å². The van der Waals surface area contributed by atoms with Gasteiger partial charge in [-0.15, -0.1) is 0 Å². The zero-order chi connectivity index (χ0) is 52.9. The number of hydrogen-bond donors (Lipinski definition) is 0. The molecule has 0 fully saturated rings. The van der Waals surface area contributed by atoms with Gasteiger partial charge in [0, 0.05) is 19.3 Å². The van der Waals surface area contributed by atoms with Crippen LogP contribution in [0.1, 0.15) is 278 Å². The predicted molar refractivity (Wildman–Crippen MR) is 316 cm³/mol. The van der Waals surface area contributed by atoms with Crippen molar-refractivity contribution in [3.05, 3.63) is 109 Å². The minimum absolute atomic E-state index is 0.0858. The van der Waals surface area contributed by atoms with E-state index in [0.29, 0.717) is 19.3 Å². The summed E-state index contributed by atoms with van der Waals surface area (Å²) in [6.07, 6.45) is 82.3. The van der Waals surface area contributed by atoms with Crippen molar-refractivity contribution in [2.24, 2.45) is 0 Å². The van der Waals surface area contributed by atoms with Gasteiger partial charge in [0.1, 0.15) is 13.2 Å². The van der Waals surface area contributed by atoms with E-state index in [9.17, 15) is 14.4 Å². The summed E-state index contributed by atoms with van der Waals surface area (Å²) < 4.78 is 16.9. The fraction of sp³-hybridized carbons (Fsp3) is 0.687. The number of allylic oxidation sites excluding steroid dienone is 18. The molecule has 73 heavy (non-hydrogen) atoms. The van der Waals surface area contributed by atoms with E-state index in [1.54, 1.807) is 0 Å². The lowest BCUT2D eigenvalue weighted by Gasteiger charge is -2.18. The summed E-state index contributed by atoms with van der Waals surface area (Å²) in [6.45, 7) is 6.45. The van der Waals surface area contributed by atoms with Gasteiger partial charge in [-0.25, -0.2) is 0 Å². The second-order valence-electron chi connectivity index (χ2n) is 19.9. The Morgan fingerprint density at radius 1 is 0.288 bits per heavy atom. The molecular weight excluding hydrogens is 901 g/mol. The van der Waals surface area contributed by atoms with E-state index in [4.69, 9.17) is 14.2 Å². The highest BCUT2D eigenvalue weighted by Gasteiger charge is 2.19. The number of rotatable bonds is 54. The van der Waals surface area contributed by atoms with Gasteiger partial charge in [-0.2, -0.15) is 0 Å². The Morgan fingerprint density at radius 2 is 0.562 bits per heavy atom. The Balaban J connectivity index is 4.29. The van der Waals surface area contributed by atoms with Crippen molar-refractivity contribution in [3.63, 3.8) is 0 Å². The standard InChI is InChI=1S/C67H112O6/c1-4-7-10-13-16-19-22-25-26-27-28-29-30-31-32-33-34-35-36-37-38-39-40-43-45-48-51-54-57-60-66(69)72-63-64(73-67(70)61-58-55-52-49-46-42-24-21-18-15-12-9-6-3)62-71-65(68)59-56-53-50-47-44-41-23-20-17-14-11-8-5-2/h7,10,12,15-16,19,21,24-26,28-29,31-32,34-35,37-38,64H,4-6,8-9,11,13-14,17-18,20,22-23,27,30,33,36,39-63H2,1-3H3/b10-7-,15-12-,19-16-,24-21-,26-25-,29-28-,32-31-,35-34-,38-37-. The SMILES string of the molecule is CC/C=C\C/C=C\C/C=C\C/C=C\C/C=C\C/C=C\C/C=C\CCCCCCCCCC(=O)OCC(COC(=O)CCCCCCCCCCCCCCC)OC(=O)CCCCCCC/C=C\C/C=C\CCC. The summed E-state index contributed by atoms with van der Waals surface area (Å²) >= 11 is 0. The Labute approximate surface area is 450 Å². The Kier molecular flexibility index (Phi) is 57.4. The maximum absolute atomic E-state index is 12.8. The lowest BCUT2D eigenvalue weighted by atomic mass is 10.0. The number of hydrogen-bond acceptors (Lipinski definition) is 6. The van der Waals surface area contributed by atoms with Crippen LogP contribution in [0.3, 0.4) is 0 Å². The minimum atomic E-state index is -0.790. The fourth-order valence-corrected chi connectivity index (χ4v) is 8.23. The van der Waals surface area contributed by atoms with Crippen molar-refractivity contribution >= 4 is 17.9 Å². The highest BCUT2D eigenvalue weighted by atomic mass is 16.6. The van der Waals surface area contributed by atoms with Crippen LogP contribution in [0.4, 0.5) is 0 Å². The fourth-order valence-electron chi connectivity index (χ4n) is 8.23. The first kappa shape index (κ1) is 69.1. The molecular formula is C67H112O6. The quantitative estimate of drug-likeness (QED) is 0.0261. The third kappa shape index (κ3) is 58.8. The van der Waals surface area contributed by atoms with E-state index >= 15 is 0 Å². The van der Waals surface area contributed by atoms with Gasteiger partial charge in [0.15, 0.2) is 6.10 Å². The van der Waals surface area contributed by atoms with Gasteiger partial charge < -0.3 is 14.2 Å².